The highest BCUT2D eigenvalue weighted by atomic mass is 16.7. The lowest BCUT2D eigenvalue weighted by Gasteiger charge is -2.38. The van der Waals surface area contributed by atoms with E-state index < -0.39 is 53.6 Å². The van der Waals surface area contributed by atoms with E-state index in [-0.39, 0.29) is 33.8 Å². The fraction of sp³-hybridized carbons (Fsp3) is 0.273. The molecule has 4 rings (SSSR count). The number of aliphatic hydroxyl groups excluding tert-OH is 3. The van der Waals surface area contributed by atoms with Crippen LogP contribution in [-0.4, -0.2) is 74.4 Å². The van der Waals surface area contributed by atoms with Crippen molar-refractivity contribution >= 4 is 16.9 Å². The number of benzene rings is 2. The maximum absolute atomic E-state index is 12.9. The molecule has 3 aromatic rings. The number of hydrogen-bond acceptors (Lipinski definition) is 12. The van der Waals surface area contributed by atoms with Gasteiger partial charge >= 0.3 is 5.97 Å². The molecule has 1 aliphatic heterocycles. The van der Waals surface area contributed by atoms with E-state index >= 15 is 0 Å². The minimum atomic E-state index is -1.85. The molecule has 0 aliphatic carbocycles. The summed E-state index contributed by atoms with van der Waals surface area (Å²) < 4.78 is 21.0. The van der Waals surface area contributed by atoms with Gasteiger partial charge < -0.3 is 49.3 Å². The van der Waals surface area contributed by atoms with Crippen LogP contribution in [0.5, 0.6) is 23.0 Å². The van der Waals surface area contributed by atoms with E-state index in [2.05, 4.69) is 4.74 Å². The second-order valence-electron chi connectivity index (χ2n) is 7.53. The minimum absolute atomic E-state index is 0.00241. The molecule has 6 N–H and O–H groups in total. The normalized spacial score (nSPS) is 24.6. The van der Waals surface area contributed by atoms with E-state index in [0.29, 0.717) is 0 Å². The first-order valence-electron chi connectivity index (χ1n) is 9.88. The summed E-state index contributed by atoms with van der Waals surface area (Å²) in [5.41, 5.74) is -0.529. The van der Waals surface area contributed by atoms with Crippen LogP contribution in [0.1, 0.15) is 0 Å². The van der Waals surface area contributed by atoms with Crippen LogP contribution in [0.15, 0.2) is 45.6 Å². The summed E-state index contributed by atoms with van der Waals surface area (Å²) in [6.45, 7) is 0. The molecule has 0 radical (unpaired) electrons. The lowest BCUT2D eigenvalue weighted by atomic mass is 9.99. The number of phenolic OH excluding ortho intramolecular Hbond substituents is 3. The van der Waals surface area contributed by atoms with Gasteiger partial charge in [-0.15, -0.1) is 0 Å². The Hall–Kier alpha value is -3.84. The van der Waals surface area contributed by atoms with Crippen LogP contribution in [0.4, 0.5) is 0 Å². The zero-order chi connectivity index (χ0) is 24.7. The first kappa shape index (κ1) is 23.3. The molecule has 180 valence electrons. The third-order valence-electron chi connectivity index (χ3n) is 5.29. The summed E-state index contributed by atoms with van der Waals surface area (Å²) in [5.74, 6) is -2.54. The van der Waals surface area contributed by atoms with E-state index in [4.69, 9.17) is 13.9 Å². The van der Waals surface area contributed by atoms with Gasteiger partial charge in [0.1, 0.15) is 46.5 Å². The number of methoxy groups -OCH3 is 1. The van der Waals surface area contributed by atoms with E-state index in [9.17, 15) is 40.2 Å². The third kappa shape index (κ3) is 4.10. The van der Waals surface area contributed by atoms with Crippen molar-refractivity contribution in [1.82, 2.24) is 0 Å². The first-order chi connectivity index (χ1) is 16.1. The van der Waals surface area contributed by atoms with Gasteiger partial charge in [-0.25, -0.2) is 4.79 Å². The Morgan fingerprint density at radius 1 is 0.941 bits per heavy atom. The average molecular weight is 476 g/mol. The smallest absolute Gasteiger partial charge is 0.337 e. The molecular weight excluding hydrogens is 456 g/mol. The van der Waals surface area contributed by atoms with Crippen molar-refractivity contribution in [3.63, 3.8) is 0 Å². The summed E-state index contributed by atoms with van der Waals surface area (Å²) in [6, 6.07) is 7.00. The van der Waals surface area contributed by atoms with Crippen LogP contribution < -0.4 is 10.2 Å². The highest BCUT2D eigenvalue weighted by molar-refractivity contribution is 5.86. The van der Waals surface area contributed by atoms with Crippen LogP contribution >= 0.6 is 0 Å². The molecule has 1 fully saturated rings. The van der Waals surface area contributed by atoms with Crippen LogP contribution in [-0.2, 0) is 14.3 Å². The summed E-state index contributed by atoms with van der Waals surface area (Å²) in [4.78, 5) is 24.8. The number of hydrogen-bond donors (Lipinski definition) is 6. The topological polar surface area (TPSA) is 196 Å². The molecule has 1 aliphatic rings. The number of aliphatic hydroxyl groups is 3. The second kappa shape index (κ2) is 8.83. The molecule has 34 heavy (non-hydrogen) atoms. The van der Waals surface area contributed by atoms with E-state index in [1.807, 2.05) is 0 Å². The van der Waals surface area contributed by atoms with E-state index in [1.54, 1.807) is 0 Å². The molecule has 0 saturated carbocycles. The van der Waals surface area contributed by atoms with Gasteiger partial charge in [0.2, 0.25) is 6.29 Å². The van der Waals surface area contributed by atoms with Crippen LogP contribution in [0.2, 0.25) is 0 Å². The number of esters is 1. The Bertz CT molecular complexity index is 1300. The average Bonchev–Trinajstić information content (AvgIpc) is 2.80. The summed E-state index contributed by atoms with van der Waals surface area (Å²) >= 11 is 0. The van der Waals surface area contributed by atoms with Crippen LogP contribution in [0, 0.1) is 0 Å². The first-order valence-corrected chi connectivity index (χ1v) is 9.88. The zero-order valence-corrected chi connectivity index (χ0v) is 17.5. The Labute approximate surface area is 190 Å². The monoisotopic (exact) mass is 476 g/mol. The summed E-state index contributed by atoms with van der Waals surface area (Å²) in [6.07, 6.45) is -8.92. The fourth-order valence-corrected chi connectivity index (χ4v) is 3.53. The summed E-state index contributed by atoms with van der Waals surface area (Å²) in [5, 5.41) is 59.5. The molecule has 0 spiro atoms. The van der Waals surface area contributed by atoms with Gasteiger partial charge in [0.05, 0.1) is 7.11 Å². The maximum atomic E-state index is 12.9. The van der Waals surface area contributed by atoms with Gasteiger partial charge in [-0.05, 0) is 18.2 Å². The quantitative estimate of drug-likeness (QED) is 0.217. The number of carbonyl (C=O) groups is 1. The van der Waals surface area contributed by atoms with Crippen molar-refractivity contribution in [2.24, 2.45) is 0 Å². The molecule has 1 aromatic heterocycles. The third-order valence-corrected chi connectivity index (χ3v) is 5.29. The number of ether oxygens (including phenoxy) is 3. The van der Waals surface area contributed by atoms with Crippen molar-refractivity contribution in [3.05, 3.63) is 46.6 Å². The van der Waals surface area contributed by atoms with Gasteiger partial charge in [-0.3, -0.25) is 4.79 Å². The molecular formula is C22H20O12. The van der Waals surface area contributed by atoms with Crippen LogP contribution in [0.3, 0.4) is 0 Å². The number of fused-ring (bicyclic) bond motifs is 1. The molecule has 2 unspecified atom stereocenters. The Kier molecular flexibility index (Phi) is 6.06. The van der Waals surface area contributed by atoms with E-state index in [0.717, 1.165) is 25.3 Å². The Morgan fingerprint density at radius 2 is 1.68 bits per heavy atom. The van der Waals surface area contributed by atoms with Crippen molar-refractivity contribution in [1.29, 1.82) is 0 Å². The lowest BCUT2D eigenvalue weighted by Crippen LogP contribution is -2.61. The molecule has 12 heteroatoms. The van der Waals surface area contributed by atoms with E-state index in [1.165, 1.54) is 18.2 Å². The minimum Gasteiger partial charge on any atom is -0.508 e. The Balaban J connectivity index is 1.75. The molecule has 5 atom stereocenters. The summed E-state index contributed by atoms with van der Waals surface area (Å²) in [7, 11) is 1.03. The largest absolute Gasteiger partial charge is 0.508 e. The predicted octanol–water partition coefficient (Wildman–Crippen LogP) is -0.0638. The lowest BCUT2D eigenvalue weighted by molar-refractivity contribution is -0.271. The fourth-order valence-electron chi connectivity index (χ4n) is 3.53. The number of aromatic hydroxyl groups is 3. The van der Waals surface area contributed by atoms with Gasteiger partial charge in [-0.2, -0.15) is 0 Å². The molecule has 1 saturated heterocycles. The van der Waals surface area contributed by atoms with Crippen molar-refractivity contribution in [3.8, 4) is 34.3 Å². The maximum Gasteiger partial charge on any atom is 0.337 e. The molecule has 12 nitrogen and oxygen atoms in total. The predicted molar refractivity (Wildman–Crippen MR) is 112 cm³/mol. The molecule has 2 heterocycles. The SMILES string of the molecule is COC(=O)C1O[C@@H](Oc2cc(O)cc3oc(-c4ccc(O)c(O)c4)cc(=O)c23)C(O)[C@@H](O)[C@@H]1O. The zero-order valence-electron chi connectivity index (χ0n) is 17.5. The highest BCUT2D eigenvalue weighted by Gasteiger charge is 2.48. The molecule has 0 amide bonds. The van der Waals surface area contributed by atoms with Gasteiger partial charge in [-0.1, -0.05) is 0 Å². The number of carbonyl (C=O) groups excluding carboxylic acids is 1. The molecule has 0 bridgehead atoms. The number of rotatable bonds is 4. The van der Waals surface area contributed by atoms with Crippen LogP contribution in [0.25, 0.3) is 22.3 Å². The number of phenols is 3. The van der Waals surface area contributed by atoms with Gasteiger partial charge in [0.15, 0.2) is 23.0 Å². The van der Waals surface area contributed by atoms with Crippen molar-refractivity contribution in [2.75, 3.05) is 7.11 Å². The van der Waals surface area contributed by atoms with Crippen molar-refractivity contribution in [2.45, 2.75) is 30.7 Å². The highest BCUT2D eigenvalue weighted by Crippen LogP contribution is 2.35. The van der Waals surface area contributed by atoms with Gasteiger partial charge in [0, 0.05) is 23.8 Å². The Morgan fingerprint density at radius 3 is 2.35 bits per heavy atom. The molecule has 2 aromatic carbocycles. The second-order valence-corrected chi connectivity index (χ2v) is 7.53. The van der Waals surface area contributed by atoms with Crippen molar-refractivity contribution < 1.29 is 54.1 Å². The van der Waals surface area contributed by atoms with Gasteiger partial charge in [0.25, 0.3) is 0 Å². The standard InChI is InChI=1S/C22H20O12/c1-31-21(30)20-18(28)17(27)19(29)22(34-20)33-15-6-9(23)5-14-16(15)12(26)7-13(32-14)8-2-3-10(24)11(25)4-8/h2-7,17-20,22-25,27-29H,1H3/t17-,18-,19?,20?,22+/m0/s1.